The summed E-state index contributed by atoms with van der Waals surface area (Å²) < 4.78 is 13.9. The van der Waals surface area contributed by atoms with Gasteiger partial charge in [-0.05, 0) is 24.3 Å². The first-order valence-electron chi connectivity index (χ1n) is 7.73. The van der Waals surface area contributed by atoms with E-state index in [1.165, 1.54) is 18.2 Å². The van der Waals surface area contributed by atoms with Crippen LogP contribution in [0.2, 0.25) is 0 Å². The Hall–Kier alpha value is -3.16. The Bertz CT molecular complexity index is 819. The molecule has 8 heteroatoms. The van der Waals surface area contributed by atoms with E-state index in [1.807, 2.05) is 9.80 Å². The summed E-state index contributed by atoms with van der Waals surface area (Å²) in [6.45, 7) is 1.97. The normalized spacial score (nSPS) is 14.4. The van der Waals surface area contributed by atoms with Crippen LogP contribution in [0.25, 0.3) is 0 Å². The first kappa shape index (κ1) is 16.7. The van der Waals surface area contributed by atoms with E-state index in [0.717, 1.165) is 6.07 Å². The molecule has 1 heterocycles. The topological polar surface area (TPSA) is 86.9 Å². The van der Waals surface area contributed by atoms with Crippen molar-refractivity contribution in [1.82, 2.24) is 0 Å². The fraction of sp³-hybridized carbons (Fsp3) is 0.235. The molecule has 2 aromatic carbocycles. The zero-order chi connectivity index (χ0) is 18.0. The van der Waals surface area contributed by atoms with Gasteiger partial charge in [0.2, 0.25) is 0 Å². The quantitative estimate of drug-likeness (QED) is 0.677. The van der Waals surface area contributed by atoms with Gasteiger partial charge in [0.25, 0.3) is 5.69 Å². The van der Waals surface area contributed by atoms with Crippen molar-refractivity contribution < 1.29 is 19.2 Å². The molecule has 1 N–H and O–H groups in total. The van der Waals surface area contributed by atoms with Crippen molar-refractivity contribution in [3.05, 3.63) is 64.0 Å². The number of hydrogen-bond donors (Lipinski definition) is 1. The Balaban J connectivity index is 1.80. The van der Waals surface area contributed by atoms with Gasteiger partial charge >= 0.3 is 5.97 Å². The molecule has 0 atom stereocenters. The molecule has 2 aromatic rings. The molecule has 0 amide bonds. The number of hydrogen-bond acceptors (Lipinski definition) is 5. The Kier molecular flexibility index (Phi) is 4.51. The lowest BCUT2D eigenvalue weighted by molar-refractivity contribution is -0.384. The second kappa shape index (κ2) is 6.76. The highest BCUT2D eigenvalue weighted by atomic mass is 19.1. The van der Waals surface area contributed by atoms with E-state index in [0.29, 0.717) is 37.6 Å². The third kappa shape index (κ3) is 3.37. The number of anilines is 2. The predicted octanol–water partition coefficient (Wildman–Crippen LogP) is 2.76. The molecule has 0 radical (unpaired) electrons. The summed E-state index contributed by atoms with van der Waals surface area (Å²) in [5.41, 5.74) is 0.528. The van der Waals surface area contributed by atoms with Gasteiger partial charge in [0, 0.05) is 32.2 Å². The fourth-order valence-electron chi connectivity index (χ4n) is 2.97. The van der Waals surface area contributed by atoms with E-state index >= 15 is 0 Å². The molecule has 1 aliphatic heterocycles. The minimum absolute atomic E-state index is 0.125. The molecular weight excluding hydrogens is 329 g/mol. The van der Waals surface area contributed by atoms with Crippen molar-refractivity contribution in [3.63, 3.8) is 0 Å². The summed E-state index contributed by atoms with van der Waals surface area (Å²) in [6.07, 6.45) is 0. The van der Waals surface area contributed by atoms with Gasteiger partial charge in [-0.1, -0.05) is 12.1 Å². The van der Waals surface area contributed by atoms with Gasteiger partial charge in [-0.3, -0.25) is 10.1 Å². The van der Waals surface area contributed by atoms with Crippen LogP contribution in [-0.4, -0.2) is 42.2 Å². The number of nitrogens with zero attached hydrogens (tertiary/aromatic N) is 3. The molecule has 1 saturated heterocycles. The fourth-order valence-corrected chi connectivity index (χ4v) is 2.97. The minimum atomic E-state index is -1.21. The highest BCUT2D eigenvalue weighted by molar-refractivity contribution is 5.89. The van der Waals surface area contributed by atoms with Gasteiger partial charge in [0.15, 0.2) is 0 Å². The summed E-state index contributed by atoms with van der Waals surface area (Å²) in [7, 11) is 0. The maximum Gasteiger partial charge on any atom is 0.335 e. The van der Waals surface area contributed by atoms with Crippen LogP contribution in [0.5, 0.6) is 0 Å². The van der Waals surface area contributed by atoms with Crippen LogP contribution in [-0.2, 0) is 0 Å². The maximum atomic E-state index is 13.9. The second-order valence-corrected chi connectivity index (χ2v) is 5.69. The summed E-state index contributed by atoms with van der Waals surface area (Å²) in [6, 6.07) is 10.4. The highest BCUT2D eigenvalue weighted by Gasteiger charge is 2.25. The number of carboxylic acids is 1. The highest BCUT2D eigenvalue weighted by Crippen LogP contribution is 2.31. The van der Waals surface area contributed by atoms with Crippen LogP contribution in [0.4, 0.5) is 21.5 Å². The lowest BCUT2D eigenvalue weighted by atomic mass is 10.1. The van der Waals surface area contributed by atoms with E-state index in [2.05, 4.69) is 0 Å². The number of nitro benzene ring substituents is 1. The van der Waals surface area contributed by atoms with E-state index in [4.69, 9.17) is 5.11 Å². The molecule has 0 bridgehead atoms. The molecular formula is C17H16FN3O4. The lowest BCUT2D eigenvalue weighted by Crippen LogP contribution is -2.47. The molecule has 25 heavy (non-hydrogen) atoms. The Morgan fingerprint density at radius 3 is 2.20 bits per heavy atom. The number of piperazine rings is 1. The number of benzene rings is 2. The van der Waals surface area contributed by atoms with Gasteiger partial charge in [-0.25, -0.2) is 9.18 Å². The molecule has 130 valence electrons. The second-order valence-electron chi connectivity index (χ2n) is 5.69. The molecule has 0 unspecified atom stereocenters. The van der Waals surface area contributed by atoms with Crippen LogP contribution < -0.4 is 9.80 Å². The molecule has 7 nitrogen and oxygen atoms in total. The third-order valence-corrected chi connectivity index (χ3v) is 4.23. The molecule has 1 aliphatic rings. The smallest absolute Gasteiger partial charge is 0.335 e. The molecule has 3 rings (SSSR count). The van der Waals surface area contributed by atoms with Gasteiger partial charge in [-0.15, -0.1) is 0 Å². The zero-order valence-corrected chi connectivity index (χ0v) is 13.3. The van der Waals surface area contributed by atoms with E-state index < -0.39 is 10.9 Å². The molecule has 0 aliphatic carbocycles. The first-order valence-corrected chi connectivity index (χ1v) is 7.73. The standard InChI is InChI=1S/C17H16FN3O4/c18-13-3-1-2-4-14(13)19-7-9-20(10-8-19)15-6-5-12(17(22)23)11-16(15)21(24)25/h1-6,11H,7-10H2,(H,22,23). The average molecular weight is 345 g/mol. The summed E-state index contributed by atoms with van der Waals surface area (Å²) in [4.78, 5) is 25.4. The minimum Gasteiger partial charge on any atom is -0.478 e. The van der Waals surface area contributed by atoms with Crippen LogP contribution in [0.1, 0.15) is 10.4 Å². The number of rotatable bonds is 4. The number of aromatic carboxylic acids is 1. The number of nitro groups is 1. The van der Waals surface area contributed by atoms with E-state index in [1.54, 1.807) is 18.2 Å². The van der Waals surface area contributed by atoms with Crippen molar-refractivity contribution in [3.8, 4) is 0 Å². The average Bonchev–Trinajstić information content (AvgIpc) is 2.61. The van der Waals surface area contributed by atoms with Crippen molar-refractivity contribution >= 4 is 23.0 Å². The monoisotopic (exact) mass is 345 g/mol. The number of carbonyl (C=O) groups is 1. The van der Waals surface area contributed by atoms with Crippen LogP contribution in [0, 0.1) is 15.9 Å². The van der Waals surface area contributed by atoms with Gasteiger partial charge in [0.1, 0.15) is 11.5 Å². The Morgan fingerprint density at radius 2 is 1.64 bits per heavy atom. The first-order chi connectivity index (χ1) is 12.0. The van der Waals surface area contributed by atoms with Gasteiger partial charge in [-0.2, -0.15) is 0 Å². The summed E-state index contributed by atoms with van der Waals surface area (Å²) in [5.74, 6) is -1.51. The molecule has 0 saturated carbocycles. The molecule has 0 aromatic heterocycles. The maximum absolute atomic E-state index is 13.9. The van der Waals surface area contributed by atoms with Crippen LogP contribution >= 0.6 is 0 Å². The molecule has 0 spiro atoms. The number of carboxylic acid groups (broad SMARTS) is 1. The Morgan fingerprint density at radius 1 is 1.04 bits per heavy atom. The molecule has 1 fully saturated rings. The summed E-state index contributed by atoms with van der Waals surface area (Å²) >= 11 is 0. The van der Waals surface area contributed by atoms with Crippen LogP contribution in [0.15, 0.2) is 42.5 Å². The SMILES string of the molecule is O=C(O)c1ccc(N2CCN(c3ccccc3F)CC2)c([N+](=O)[O-])c1. The van der Waals surface area contributed by atoms with Crippen molar-refractivity contribution in [2.75, 3.05) is 36.0 Å². The van der Waals surface area contributed by atoms with Crippen molar-refractivity contribution in [2.45, 2.75) is 0 Å². The van der Waals surface area contributed by atoms with E-state index in [-0.39, 0.29) is 17.1 Å². The van der Waals surface area contributed by atoms with Crippen LogP contribution in [0.3, 0.4) is 0 Å². The van der Waals surface area contributed by atoms with E-state index in [9.17, 15) is 19.3 Å². The largest absolute Gasteiger partial charge is 0.478 e. The summed E-state index contributed by atoms with van der Waals surface area (Å²) in [5, 5.41) is 20.3. The van der Waals surface area contributed by atoms with Gasteiger partial charge in [0.05, 0.1) is 16.2 Å². The number of para-hydroxylation sites is 1. The lowest BCUT2D eigenvalue weighted by Gasteiger charge is -2.37. The Labute approximate surface area is 143 Å². The number of halogens is 1. The third-order valence-electron chi connectivity index (χ3n) is 4.23. The predicted molar refractivity (Wildman–Crippen MR) is 90.9 cm³/mol. The van der Waals surface area contributed by atoms with Crippen molar-refractivity contribution in [1.29, 1.82) is 0 Å². The zero-order valence-electron chi connectivity index (χ0n) is 13.3. The van der Waals surface area contributed by atoms with Gasteiger partial charge < -0.3 is 14.9 Å². The van der Waals surface area contributed by atoms with Crippen molar-refractivity contribution in [2.24, 2.45) is 0 Å².